The summed E-state index contributed by atoms with van der Waals surface area (Å²) in [6.07, 6.45) is 9.01. The van der Waals surface area contributed by atoms with Crippen LogP contribution in [-0.4, -0.2) is 63.6 Å². The number of amides is 1. The van der Waals surface area contributed by atoms with E-state index in [0.29, 0.717) is 18.9 Å². The van der Waals surface area contributed by atoms with Crippen LogP contribution < -0.4 is 0 Å². The summed E-state index contributed by atoms with van der Waals surface area (Å²) in [6.45, 7) is 8.11. The van der Waals surface area contributed by atoms with Crippen molar-refractivity contribution in [1.82, 2.24) is 38.8 Å². The number of nitrogens with zero attached hydrogens (tertiary/aromatic N) is 9. The van der Waals surface area contributed by atoms with Gasteiger partial charge in [-0.2, -0.15) is 15.5 Å². The highest BCUT2D eigenvalue weighted by Gasteiger charge is 2.49. The maximum absolute atomic E-state index is 12.5. The van der Waals surface area contributed by atoms with Gasteiger partial charge in [0.1, 0.15) is 22.6 Å². The van der Waals surface area contributed by atoms with Gasteiger partial charge in [0.2, 0.25) is 0 Å². The molecule has 1 fully saturated rings. The molecule has 4 aromatic heterocycles. The number of ether oxygens (including phenoxy) is 1. The summed E-state index contributed by atoms with van der Waals surface area (Å²) in [5.41, 5.74) is 2.79. The predicted octanol–water partition coefficient (Wildman–Crippen LogP) is 3.16. The van der Waals surface area contributed by atoms with Crippen molar-refractivity contribution < 1.29 is 9.53 Å². The van der Waals surface area contributed by atoms with Crippen LogP contribution in [0.2, 0.25) is 0 Å². The Morgan fingerprint density at radius 1 is 1.29 bits per heavy atom. The first-order valence-electron chi connectivity index (χ1n) is 11.3. The van der Waals surface area contributed by atoms with Crippen LogP contribution in [0.15, 0.2) is 37.1 Å². The van der Waals surface area contributed by atoms with Gasteiger partial charge < -0.3 is 9.64 Å². The van der Waals surface area contributed by atoms with E-state index in [1.165, 1.54) is 0 Å². The molecule has 5 rings (SSSR count). The predicted molar refractivity (Wildman–Crippen MR) is 127 cm³/mol. The van der Waals surface area contributed by atoms with Gasteiger partial charge in [-0.1, -0.05) is 0 Å². The van der Waals surface area contributed by atoms with Gasteiger partial charge >= 0.3 is 6.09 Å². The molecule has 11 heteroatoms. The summed E-state index contributed by atoms with van der Waals surface area (Å²) in [7, 11) is 1.86. The first-order chi connectivity index (χ1) is 16.6. The van der Waals surface area contributed by atoms with Crippen LogP contribution in [0.25, 0.3) is 28.3 Å². The highest BCUT2D eigenvalue weighted by molar-refractivity contribution is 5.71. The fourth-order valence-corrected chi connectivity index (χ4v) is 4.34. The molecule has 0 aromatic carbocycles. The third-order valence-electron chi connectivity index (χ3n) is 6.05. The number of aromatic nitrogens is 7. The number of likely N-dealkylation sites (tertiary alicyclic amines) is 1. The quantitative estimate of drug-likeness (QED) is 0.446. The summed E-state index contributed by atoms with van der Waals surface area (Å²) in [6, 6.07) is 4.18. The number of carbonyl (C=O) groups is 1. The summed E-state index contributed by atoms with van der Waals surface area (Å²) in [5, 5.41) is 18.6. The topological polar surface area (TPSA) is 119 Å². The molecule has 1 aliphatic heterocycles. The van der Waals surface area contributed by atoms with Crippen molar-refractivity contribution in [1.29, 1.82) is 5.26 Å². The third-order valence-corrected chi connectivity index (χ3v) is 6.05. The molecule has 1 saturated heterocycles. The van der Waals surface area contributed by atoms with E-state index in [1.54, 1.807) is 22.0 Å². The lowest BCUT2D eigenvalue weighted by Crippen LogP contribution is -2.64. The molecule has 0 atom stereocenters. The van der Waals surface area contributed by atoms with Crippen molar-refractivity contribution in [2.24, 2.45) is 7.05 Å². The molecule has 35 heavy (non-hydrogen) atoms. The molecule has 1 amide bonds. The molecule has 180 valence electrons. The fraction of sp³-hybridized carbons (Fsp3) is 0.417. The summed E-state index contributed by atoms with van der Waals surface area (Å²) < 4.78 is 10.9. The van der Waals surface area contributed by atoms with E-state index in [9.17, 15) is 10.1 Å². The standard InChI is InChI=1S/C24H27N9O2/c1-16-18(21-28-19(17-11-27-30(5)12-17)10-20-26-8-9-32(20)21)13-33(29-16)24(6-7-25)14-31(15-24)22(34)35-23(2,3)4/h8-13H,6,14-15H2,1-5H3. The SMILES string of the molecule is Cc1nn(C2(CC#N)CN(C(=O)OC(C)(C)C)C2)cc1-c1nc(-c2cnn(C)c2)cc2nccn12. The van der Waals surface area contributed by atoms with Gasteiger partial charge in [-0.15, -0.1) is 0 Å². The van der Waals surface area contributed by atoms with Crippen molar-refractivity contribution in [3.05, 3.63) is 42.7 Å². The summed E-state index contributed by atoms with van der Waals surface area (Å²) in [5.74, 6) is 0.693. The minimum absolute atomic E-state index is 0.219. The molecule has 0 bridgehead atoms. The monoisotopic (exact) mass is 473 g/mol. The molecule has 11 nitrogen and oxygen atoms in total. The smallest absolute Gasteiger partial charge is 0.410 e. The van der Waals surface area contributed by atoms with E-state index in [-0.39, 0.29) is 12.5 Å². The van der Waals surface area contributed by atoms with Crippen molar-refractivity contribution in [2.75, 3.05) is 13.1 Å². The average molecular weight is 474 g/mol. The number of hydrogen-bond donors (Lipinski definition) is 0. The summed E-state index contributed by atoms with van der Waals surface area (Å²) >= 11 is 0. The number of fused-ring (bicyclic) bond motifs is 1. The fourth-order valence-electron chi connectivity index (χ4n) is 4.34. The third kappa shape index (κ3) is 4.01. The Morgan fingerprint density at radius 3 is 2.71 bits per heavy atom. The van der Waals surface area contributed by atoms with Crippen molar-refractivity contribution in [2.45, 2.75) is 45.3 Å². The second-order valence-corrected chi connectivity index (χ2v) is 9.99. The molecular formula is C24H27N9O2. The Balaban J connectivity index is 1.52. The van der Waals surface area contributed by atoms with Crippen LogP contribution in [0, 0.1) is 18.3 Å². The number of hydrogen-bond acceptors (Lipinski definition) is 7. The lowest BCUT2D eigenvalue weighted by atomic mass is 9.87. The normalized spacial score (nSPS) is 15.1. The Hall–Kier alpha value is -4.20. The van der Waals surface area contributed by atoms with Gasteiger partial charge in [0.05, 0.1) is 48.7 Å². The zero-order valence-electron chi connectivity index (χ0n) is 20.4. The second kappa shape index (κ2) is 7.94. The molecule has 5 heterocycles. The van der Waals surface area contributed by atoms with Crippen LogP contribution in [-0.2, 0) is 17.3 Å². The van der Waals surface area contributed by atoms with Crippen molar-refractivity contribution in [3.8, 4) is 28.7 Å². The Bertz CT molecular complexity index is 1460. The molecule has 4 aromatic rings. The average Bonchev–Trinajstić information content (AvgIpc) is 3.48. The zero-order chi connectivity index (χ0) is 25.0. The van der Waals surface area contributed by atoms with Gasteiger partial charge in [0.15, 0.2) is 0 Å². The lowest BCUT2D eigenvalue weighted by Gasteiger charge is -2.48. The van der Waals surface area contributed by atoms with Gasteiger partial charge in [0.25, 0.3) is 0 Å². The van der Waals surface area contributed by atoms with Crippen LogP contribution >= 0.6 is 0 Å². The Kier molecular flexibility index (Phi) is 5.12. The van der Waals surface area contributed by atoms with E-state index in [4.69, 9.17) is 14.8 Å². The van der Waals surface area contributed by atoms with Gasteiger partial charge in [-0.3, -0.25) is 13.8 Å². The van der Waals surface area contributed by atoms with E-state index in [2.05, 4.69) is 16.2 Å². The Labute approximate surface area is 202 Å². The highest BCUT2D eigenvalue weighted by Crippen LogP contribution is 2.35. The largest absolute Gasteiger partial charge is 0.444 e. The van der Waals surface area contributed by atoms with Crippen molar-refractivity contribution in [3.63, 3.8) is 0 Å². The number of nitriles is 1. The minimum Gasteiger partial charge on any atom is -0.444 e. The molecule has 0 radical (unpaired) electrons. The van der Waals surface area contributed by atoms with Crippen LogP contribution in [0.1, 0.15) is 32.9 Å². The molecule has 0 saturated carbocycles. The molecule has 0 unspecified atom stereocenters. The highest BCUT2D eigenvalue weighted by atomic mass is 16.6. The first-order valence-corrected chi connectivity index (χ1v) is 11.3. The summed E-state index contributed by atoms with van der Waals surface area (Å²) in [4.78, 5) is 23.5. The maximum atomic E-state index is 12.5. The van der Waals surface area contributed by atoms with Gasteiger partial charge in [0, 0.05) is 43.5 Å². The number of carbonyl (C=O) groups excluding carboxylic acids is 1. The van der Waals surface area contributed by atoms with Crippen molar-refractivity contribution >= 4 is 11.7 Å². The molecule has 0 N–H and O–H groups in total. The van der Waals surface area contributed by atoms with E-state index >= 15 is 0 Å². The van der Waals surface area contributed by atoms with Gasteiger partial charge in [-0.25, -0.2) is 14.8 Å². The number of rotatable bonds is 4. The molecular weight excluding hydrogens is 446 g/mol. The maximum Gasteiger partial charge on any atom is 0.410 e. The van der Waals surface area contributed by atoms with E-state index in [0.717, 1.165) is 28.2 Å². The second-order valence-electron chi connectivity index (χ2n) is 9.99. The molecule has 0 aliphatic carbocycles. The van der Waals surface area contributed by atoms with E-state index in [1.807, 2.05) is 68.5 Å². The first kappa shape index (κ1) is 22.6. The zero-order valence-corrected chi connectivity index (χ0v) is 20.4. The number of aryl methyl sites for hydroxylation is 2. The minimum atomic E-state index is -0.621. The van der Waals surface area contributed by atoms with Crippen LogP contribution in [0.3, 0.4) is 0 Å². The Morgan fingerprint density at radius 2 is 2.06 bits per heavy atom. The van der Waals surface area contributed by atoms with Crippen LogP contribution in [0.4, 0.5) is 4.79 Å². The van der Waals surface area contributed by atoms with E-state index < -0.39 is 11.1 Å². The number of imidazole rings is 1. The van der Waals surface area contributed by atoms with Gasteiger partial charge in [-0.05, 0) is 27.7 Å². The van der Waals surface area contributed by atoms with Crippen LogP contribution in [0.5, 0.6) is 0 Å². The molecule has 0 spiro atoms. The lowest BCUT2D eigenvalue weighted by molar-refractivity contribution is -0.0314. The molecule has 1 aliphatic rings.